The van der Waals surface area contributed by atoms with Crippen LogP contribution in [0.1, 0.15) is 43.7 Å². The molecule has 1 fully saturated rings. The minimum absolute atomic E-state index is 0.0203. The lowest BCUT2D eigenvalue weighted by Crippen LogP contribution is -2.40. The molecule has 0 aromatic heterocycles. The lowest BCUT2D eigenvalue weighted by atomic mass is 9.86. The monoisotopic (exact) mass is 271 g/mol. The Hall–Kier alpha value is -0.440. The van der Waals surface area contributed by atoms with Gasteiger partial charge in [0.15, 0.2) is 0 Å². The van der Waals surface area contributed by atoms with E-state index in [1.54, 1.807) is 6.07 Å². The van der Waals surface area contributed by atoms with Gasteiger partial charge in [-0.1, -0.05) is 23.2 Å². The van der Waals surface area contributed by atoms with Gasteiger partial charge in [0.1, 0.15) is 11.4 Å². The van der Waals surface area contributed by atoms with Crippen molar-refractivity contribution in [3.05, 3.63) is 27.7 Å². The number of rotatable bonds is 0. The third-order valence-corrected chi connectivity index (χ3v) is 4.36. The Balaban J connectivity index is 2.06. The second-order valence-electron chi connectivity index (χ2n) is 5.11. The Labute approximate surface area is 111 Å². The van der Waals surface area contributed by atoms with Gasteiger partial charge in [-0.05, 0) is 37.8 Å². The van der Waals surface area contributed by atoms with Crippen molar-refractivity contribution in [3.8, 4) is 5.75 Å². The van der Waals surface area contributed by atoms with E-state index in [1.165, 1.54) is 12.8 Å². The van der Waals surface area contributed by atoms with Crippen molar-refractivity contribution in [3.63, 3.8) is 0 Å². The molecule has 2 nitrogen and oxygen atoms in total. The molecule has 1 unspecified atom stereocenters. The van der Waals surface area contributed by atoms with Gasteiger partial charge >= 0.3 is 0 Å². The molecule has 0 amide bonds. The number of hydrogen-bond donors (Lipinski definition) is 1. The summed E-state index contributed by atoms with van der Waals surface area (Å²) in [5, 5.41) is 1.20. The van der Waals surface area contributed by atoms with Gasteiger partial charge in [0.05, 0.1) is 5.02 Å². The van der Waals surface area contributed by atoms with E-state index in [9.17, 15) is 0 Å². The van der Waals surface area contributed by atoms with Crippen LogP contribution in [0.3, 0.4) is 0 Å². The number of benzene rings is 1. The Morgan fingerprint density at radius 2 is 1.94 bits per heavy atom. The lowest BCUT2D eigenvalue weighted by molar-refractivity contribution is 0.0427. The zero-order valence-electron chi connectivity index (χ0n) is 9.51. The average Bonchev–Trinajstić information content (AvgIpc) is 2.69. The normalized spacial score (nSPS) is 25.7. The second kappa shape index (κ2) is 4.04. The molecule has 1 atom stereocenters. The molecule has 0 saturated heterocycles. The molecule has 4 heteroatoms. The predicted octanol–water partition coefficient (Wildman–Crippen LogP) is 4.09. The summed E-state index contributed by atoms with van der Waals surface area (Å²) >= 11 is 12.2. The first kappa shape index (κ1) is 11.6. The number of halogens is 2. The molecular formula is C13H15Cl2NO. The van der Waals surface area contributed by atoms with Crippen molar-refractivity contribution < 1.29 is 4.74 Å². The standard InChI is InChI=1S/C13H15Cl2NO/c14-8-5-9-11(16)7-13(3-1-2-4-13)17-12(9)10(15)6-8/h5-6,11H,1-4,7,16H2. The van der Waals surface area contributed by atoms with Crippen molar-refractivity contribution in [1.82, 2.24) is 0 Å². The van der Waals surface area contributed by atoms with Crippen LogP contribution in [-0.2, 0) is 0 Å². The van der Waals surface area contributed by atoms with Gasteiger partial charge in [0.25, 0.3) is 0 Å². The fourth-order valence-electron chi connectivity index (χ4n) is 3.06. The summed E-state index contributed by atoms with van der Waals surface area (Å²) in [6, 6.07) is 3.57. The van der Waals surface area contributed by atoms with Crippen LogP contribution in [0.2, 0.25) is 10.0 Å². The minimum Gasteiger partial charge on any atom is -0.485 e. The topological polar surface area (TPSA) is 35.2 Å². The molecule has 0 radical (unpaired) electrons. The van der Waals surface area contributed by atoms with Crippen LogP contribution in [0.15, 0.2) is 12.1 Å². The summed E-state index contributed by atoms with van der Waals surface area (Å²) in [7, 11) is 0. The molecule has 1 spiro atoms. The fourth-order valence-corrected chi connectivity index (χ4v) is 3.61. The molecule has 2 aliphatic rings. The molecule has 1 aliphatic carbocycles. The SMILES string of the molecule is NC1CC2(CCCC2)Oc2c(Cl)cc(Cl)cc21. The van der Waals surface area contributed by atoms with Gasteiger partial charge in [0.2, 0.25) is 0 Å². The number of nitrogens with two attached hydrogens (primary N) is 1. The molecule has 92 valence electrons. The quantitative estimate of drug-likeness (QED) is 0.772. The van der Waals surface area contributed by atoms with Crippen molar-refractivity contribution in [2.75, 3.05) is 0 Å². The number of hydrogen-bond acceptors (Lipinski definition) is 2. The first-order valence-corrected chi connectivity index (χ1v) is 6.79. The van der Waals surface area contributed by atoms with E-state index in [0.717, 1.165) is 30.6 Å². The Morgan fingerprint density at radius 1 is 1.24 bits per heavy atom. The zero-order chi connectivity index (χ0) is 12.0. The Kier molecular flexibility index (Phi) is 2.77. The average molecular weight is 272 g/mol. The summed E-state index contributed by atoms with van der Waals surface area (Å²) in [5.41, 5.74) is 7.11. The van der Waals surface area contributed by atoms with Gasteiger partial charge in [-0.2, -0.15) is 0 Å². The summed E-state index contributed by atoms with van der Waals surface area (Å²) in [4.78, 5) is 0. The maximum atomic E-state index is 6.24. The molecule has 1 aromatic carbocycles. The van der Waals surface area contributed by atoms with E-state index in [-0.39, 0.29) is 11.6 Å². The highest BCUT2D eigenvalue weighted by Gasteiger charge is 2.42. The summed E-state index contributed by atoms with van der Waals surface area (Å²) < 4.78 is 6.17. The van der Waals surface area contributed by atoms with E-state index >= 15 is 0 Å². The van der Waals surface area contributed by atoms with Crippen LogP contribution in [-0.4, -0.2) is 5.60 Å². The number of ether oxygens (including phenoxy) is 1. The van der Waals surface area contributed by atoms with Crippen LogP contribution < -0.4 is 10.5 Å². The van der Waals surface area contributed by atoms with Gasteiger partial charge in [-0.15, -0.1) is 0 Å². The molecular weight excluding hydrogens is 257 g/mol. The van der Waals surface area contributed by atoms with Crippen molar-refractivity contribution in [1.29, 1.82) is 0 Å². The van der Waals surface area contributed by atoms with Crippen molar-refractivity contribution >= 4 is 23.2 Å². The summed E-state index contributed by atoms with van der Waals surface area (Å²) in [5.74, 6) is 0.747. The second-order valence-corrected chi connectivity index (χ2v) is 5.95. The molecule has 0 bridgehead atoms. The van der Waals surface area contributed by atoms with Crippen LogP contribution in [0.4, 0.5) is 0 Å². The molecule has 1 saturated carbocycles. The Morgan fingerprint density at radius 3 is 2.65 bits per heavy atom. The van der Waals surface area contributed by atoms with E-state index in [2.05, 4.69) is 0 Å². The van der Waals surface area contributed by atoms with Crippen LogP contribution in [0, 0.1) is 0 Å². The van der Waals surface area contributed by atoms with Crippen LogP contribution in [0.5, 0.6) is 5.75 Å². The van der Waals surface area contributed by atoms with Crippen molar-refractivity contribution in [2.24, 2.45) is 5.73 Å². The van der Waals surface area contributed by atoms with E-state index in [1.807, 2.05) is 6.07 Å². The maximum Gasteiger partial charge on any atom is 0.143 e. The van der Waals surface area contributed by atoms with Gasteiger partial charge in [0, 0.05) is 23.0 Å². The van der Waals surface area contributed by atoms with E-state index < -0.39 is 0 Å². The van der Waals surface area contributed by atoms with E-state index in [0.29, 0.717) is 10.0 Å². The van der Waals surface area contributed by atoms with Gasteiger partial charge in [-0.25, -0.2) is 0 Å². The number of fused-ring (bicyclic) bond motifs is 1. The molecule has 1 aromatic rings. The van der Waals surface area contributed by atoms with Crippen molar-refractivity contribution in [2.45, 2.75) is 43.7 Å². The van der Waals surface area contributed by atoms with E-state index in [4.69, 9.17) is 33.7 Å². The van der Waals surface area contributed by atoms with Gasteiger partial charge < -0.3 is 10.5 Å². The third kappa shape index (κ3) is 1.92. The molecule has 2 N–H and O–H groups in total. The zero-order valence-corrected chi connectivity index (χ0v) is 11.0. The van der Waals surface area contributed by atoms with Crippen LogP contribution in [0.25, 0.3) is 0 Å². The molecule has 1 aliphatic heterocycles. The largest absolute Gasteiger partial charge is 0.485 e. The summed E-state index contributed by atoms with van der Waals surface area (Å²) in [6.45, 7) is 0. The predicted molar refractivity (Wildman–Crippen MR) is 69.8 cm³/mol. The van der Waals surface area contributed by atoms with Crippen LogP contribution >= 0.6 is 23.2 Å². The molecule has 1 heterocycles. The molecule has 3 rings (SSSR count). The first-order chi connectivity index (χ1) is 8.10. The highest BCUT2D eigenvalue weighted by atomic mass is 35.5. The highest BCUT2D eigenvalue weighted by molar-refractivity contribution is 6.35. The smallest absolute Gasteiger partial charge is 0.143 e. The van der Waals surface area contributed by atoms with Gasteiger partial charge in [-0.3, -0.25) is 0 Å². The highest BCUT2D eigenvalue weighted by Crippen LogP contribution is 2.49. The summed E-state index contributed by atoms with van der Waals surface area (Å²) in [6.07, 6.45) is 5.47. The molecule has 17 heavy (non-hydrogen) atoms. The lowest BCUT2D eigenvalue weighted by Gasteiger charge is -2.39. The fraction of sp³-hybridized carbons (Fsp3) is 0.538. The first-order valence-electron chi connectivity index (χ1n) is 6.03. The Bertz CT molecular complexity index is 455. The maximum absolute atomic E-state index is 6.24. The third-order valence-electron chi connectivity index (χ3n) is 3.86. The minimum atomic E-state index is -0.0795.